The zero-order chi connectivity index (χ0) is 46.5. The van der Waals surface area contributed by atoms with Crippen LogP contribution in [0.1, 0.15) is 49.6 Å². The number of thiazole rings is 1. The third kappa shape index (κ3) is 9.16. The van der Waals surface area contributed by atoms with Crippen molar-refractivity contribution in [1.82, 2.24) is 25.4 Å². The van der Waals surface area contributed by atoms with E-state index in [1.54, 1.807) is 18.4 Å². The van der Waals surface area contributed by atoms with Crippen molar-refractivity contribution in [1.29, 1.82) is 0 Å². The van der Waals surface area contributed by atoms with E-state index in [2.05, 4.69) is 38.6 Å². The lowest BCUT2D eigenvalue weighted by atomic mass is 9.77. The van der Waals surface area contributed by atoms with Gasteiger partial charge in [0.05, 0.1) is 0 Å². The second-order valence-electron chi connectivity index (χ2n) is 15.3. The molecule has 0 saturated carbocycles. The molecule has 3 atom stereocenters. The molecule has 17 heteroatoms. The van der Waals surface area contributed by atoms with E-state index in [0.29, 0.717) is 31.2 Å². The molecule has 336 valence electrons. The molecule has 67 heavy (non-hydrogen) atoms. The molecule has 4 heterocycles. The highest BCUT2D eigenvalue weighted by Crippen LogP contribution is 2.42. The second-order valence-corrected chi connectivity index (χ2v) is 19.4. The van der Waals surface area contributed by atoms with Crippen LogP contribution < -0.4 is 10.6 Å². The summed E-state index contributed by atoms with van der Waals surface area (Å²) in [5.74, 6) is -2.48. The molecule has 2 amide bonds. The van der Waals surface area contributed by atoms with Crippen LogP contribution in [0.5, 0.6) is 0 Å². The van der Waals surface area contributed by atoms with Gasteiger partial charge in [0.15, 0.2) is 28.0 Å². The number of aromatic nitrogens is 3. The van der Waals surface area contributed by atoms with Gasteiger partial charge in [-0.2, -0.15) is 0 Å². The Labute approximate surface area is 402 Å². The molecule has 3 unspecified atom stereocenters. The minimum atomic E-state index is -1.82. The highest BCUT2D eigenvalue weighted by molar-refractivity contribution is 7.92. The van der Waals surface area contributed by atoms with E-state index in [0.717, 1.165) is 21.6 Å². The van der Waals surface area contributed by atoms with E-state index in [-0.39, 0.29) is 28.4 Å². The fourth-order valence-corrected chi connectivity index (χ4v) is 11.5. The van der Waals surface area contributed by atoms with Crippen LogP contribution in [0.2, 0.25) is 0 Å². The summed E-state index contributed by atoms with van der Waals surface area (Å²) < 4.78 is 20.5. The summed E-state index contributed by atoms with van der Waals surface area (Å²) in [5.41, 5.74) is 3.43. The topological polar surface area (TPSA) is 171 Å². The molecule has 0 spiro atoms. The van der Waals surface area contributed by atoms with Crippen LogP contribution in [-0.4, -0.2) is 72.4 Å². The number of carbonyl (C=O) groups excluding carboxylic acids is 3. The zero-order valence-corrected chi connectivity index (χ0v) is 39.2. The number of nitrogens with one attached hydrogen (secondary N) is 2. The number of aryl methyl sites for hydroxylation is 1. The van der Waals surface area contributed by atoms with Gasteiger partial charge in [0.25, 0.3) is 11.8 Å². The Morgan fingerprint density at radius 1 is 0.866 bits per heavy atom. The standard InChI is InChI=1S/C50H41N7O6S4/c1-31-54-55-45(66-31)39(64)28-34-30-67(61)47-41(46(59)57(47)42(34)48(60)63-43(32-18-8-3-9-19-32)33-20-10-4-11-21-33)52-44(58)40(56-62-2)38-29-65-49(51-38)53-50(35-22-12-5-13-23-35,36-24-14-6-15-25-36)37-26-16-7-17-27-37/h3-29,41,43,47,64H,30H2,1-2H3,(H,51,53)(H,52,58). The molecule has 2 aliphatic rings. The smallest absolute Gasteiger partial charge is 0.356 e. The molecule has 2 aliphatic heterocycles. The number of oxime groups is 1. The highest BCUT2D eigenvalue weighted by atomic mass is 32.2. The van der Waals surface area contributed by atoms with E-state index in [1.165, 1.54) is 29.8 Å². The maximum absolute atomic E-state index is 14.6. The first-order chi connectivity index (χ1) is 32.7. The number of ether oxygens (including phenoxy) is 1. The van der Waals surface area contributed by atoms with Gasteiger partial charge in [0.1, 0.15) is 34.8 Å². The van der Waals surface area contributed by atoms with Crippen molar-refractivity contribution < 1.29 is 28.5 Å². The van der Waals surface area contributed by atoms with Gasteiger partial charge in [0, 0.05) is 15.9 Å². The van der Waals surface area contributed by atoms with E-state index in [4.69, 9.17) is 14.6 Å². The number of carbonyl (C=O) groups is 3. The Morgan fingerprint density at radius 2 is 1.40 bits per heavy atom. The minimum Gasteiger partial charge on any atom is -0.614 e. The van der Waals surface area contributed by atoms with Crippen molar-refractivity contribution in [3.63, 3.8) is 0 Å². The van der Waals surface area contributed by atoms with Gasteiger partial charge in [-0.3, -0.25) is 14.5 Å². The lowest BCUT2D eigenvalue weighted by Gasteiger charge is -2.49. The average Bonchev–Trinajstić information content (AvgIpc) is 4.03. The summed E-state index contributed by atoms with van der Waals surface area (Å²) in [5, 5.41) is 20.9. The molecule has 0 radical (unpaired) electrons. The number of fused-ring (bicyclic) bond motifs is 1. The Balaban J connectivity index is 1.02. The predicted molar refractivity (Wildman–Crippen MR) is 264 cm³/mol. The third-order valence-corrected chi connectivity index (χ3v) is 14.9. The van der Waals surface area contributed by atoms with Crippen LogP contribution in [0.15, 0.2) is 180 Å². The highest BCUT2D eigenvalue weighted by Gasteiger charge is 2.61. The maximum atomic E-state index is 14.6. The normalized spacial score (nSPS) is 17.4. The van der Waals surface area contributed by atoms with Gasteiger partial charge < -0.3 is 24.8 Å². The third-order valence-electron chi connectivity index (χ3n) is 11.2. The number of thiol groups is 1. The number of allylic oxidation sites excluding steroid dienone is 1. The lowest BCUT2D eigenvalue weighted by molar-refractivity contribution is -0.154. The quantitative estimate of drug-likeness (QED) is 0.0174. The fourth-order valence-electron chi connectivity index (χ4n) is 8.17. The molecule has 7 aromatic rings. The van der Waals surface area contributed by atoms with Crippen molar-refractivity contribution in [3.8, 4) is 0 Å². The number of anilines is 1. The average molecular weight is 964 g/mol. The van der Waals surface area contributed by atoms with Gasteiger partial charge in [-0.05, 0) is 52.0 Å². The van der Waals surface area contributed by atoms with Gasteiger partial charge >= 0.3 is 5.97 Å². The van der Waals surface area contributed by atoms with Crippen molar-refractivity contribution in [2.45, 2.75) is 30.0 Å². The Hall–Kier alpha value is -6.89. The van der Waals surface area contributed by atoms with Gasteiger partial charge in [-0.1, -0.05) is 168 Å². The van der Waals surface area contributed by atoms with Crippen LogP contribution in [0.4, 0.5) is 5.13 Å². The summed E-state index contributed by atoms with van der Waals surface area (Å²) in [7, 11) is 1.30. The number of nitrogens with zero attached hydrogens (tertiary/aromatic N) is 5. The first-order valence-corrected chi connectivity index (χ1v) is 24.5. The molecule has 1 saturated heterocycles. The molecular weight excluding hydrogens is 923 g/mol. The molecule has 9 rings (SSSR count). The summed E-state index contributed by atoms with van der Waals surface area (Å²) in [4.78, 5) is 54.8. The molecule has 2 aromatic heterocycles. The lowest BCUT2D eigenvalue weighted by Crippen LogP contribution is -2.75. The summed E-state index contributed by atoms with van der Waals surface area (Å²) in [6, 6.07) is 47.1. The maximum Gasteiger partial charge on any atom is 0.356 e. The number of hydrogen-bond donors (Lipinski definition) is 3. The number of hydrogen-bond acceptors (Lipinski definition) is 14. The van der Waals surface area contributed by atoms with E-state index in [1.807, 2.05) is 152 Å². The first-order valence-electron chi connectivity index (χ1n) is 20.9. The van der Waals surface area contributed by atoms with Crippen LogP contribution in [0.3, 0.4) is 0 Å². The van der Waals surface area contributed by atoms with Gasteiger partial charge in [0.2, 0.25) is 5.37 Å². The molecule has 5 aromatic carbocycles. The fraction of sp³-hybridized carbons (Fsp3) is 0.140. The largest absolute Gasteiger partial charge is 0.614 e. The first kappa shape index (κ1) is 45.3. The Kier molecular flexibility index (Phi) is 13.5. The van der Waals surface area contributed by atoms with Crippen LogP contribution in [0, 0.1) is 6.92 Å². The number of benzene rings is 5. The Bertz CT molecular complexity index is 2850. The Morgan fingerprint density at radius 3 is 1.91 bits per heavy atom. The van der Waals surface area contributed by atoms with Crippen molar-refractivity contribution in [3.05, 3.63) is 218 Å². The zero-order valence-electron chi connectivity index (χ0n) is 35.9. The summed E-state index contributed by atoms with van der Waals surface area (Å²) in [6.45, 7) is 1.80. The van der Waals surface area contributed by atoms with E-state index < -0.39 is 52.0 Å². The SMILES string of the molecule is CON=C(C(=O)NC1C(=O)N2C(C(=O)OC(c3ccccc3)c3ccccc3)=C(C=C(S)c3nnc(C)s3)C[S+]([O-])C12)c1csc(NC(c2ccccc2)(c2ccccc2)c2ccccc2)n1. The molecular formula is C50H41N7O6S4. The summed E-state index contributed by atoms with van der Waals surface area (Å²) in [6.07, 6.45) is 0.710. The predicted octanol–water partition coefficient (Wildman–Crippen LogP) is 8.03. The number of β-lactam (4-membered cyclic amide) rings is 1. The molecule has 13 nitrogen and oxygen atoms in total. The molecule has 0 bridgehead atoms. The van der Waals surface area contributed by atoms with Crippen molar-refractivity contribution >= 4 is 80.0 Å². The number of esters is 1. The van der Waals surface area contributed by atoms with Gasteiger partial charge in [-0.25, -0.2) is 9.78 Å². The van der Waals surface area contributed by atoms with Crippen LogP contribution >= 0.6 is 35.3 Å². The van der Waals surface area contributed by atoms with E-state index >= 15 is 0 Å². The number of rotatable bonds is 15. The van der Waals surface area contributed by atoms with Gasteiger partial charge in [-0.15, -0.1) is 34.2 Å². The van der Waals surface area contributed by atoms with Crippen molar-refractivity contribution in [2.75, 3.05) is 18.2 Å². The molecule has 1 fully saturated rings. The van der Waals surface area contributed by atoms with Crippen LogP contribution in [-0.2, 0) is 40.7 Å². The van der Waals surface area contributed by atoms with E-state index in [9.17, 15) is 18.9 Å². The van der Waals surface area contributed by atoms with Crippen molar-refractivity contribution in [2.24, 2.45) is 5.16 Å². The minimum absolute atomic E-state index is 0.121. The monoisotopic (exact) mass is 963 g/mol. The molecule has 0 aliphatic carbocycles. The second kappa shape index (κ2) is 19.9. The summed E-state index contributed by atoms with van der Waals surface area (Å²) >= 11 is 5.40. The van der Waals surface area contributed by atoms with Crippen LogP contribution in [0.25, 0.3) is 4.91 Å². The number of amides is 2. The molecule has 2 N–H and O–H groups in total.